The predicted octanol–water partition coefficient (Wildman–Crippen LogP) is 1.86. The molecule has 1 atom stereocenters. The van der Waals surface area contributed by atoms with Gasteiger partial charge in [-0.1, -0.05) is 25.1 Å². The van der Waals surface area contributed by atoms with Crippen molar-refractivity contribution in [3.8, 4) is 0 Å². The van der Waals surface area contributed by atoms with Gasteiger partial charge < -0.3 is 5.73 Å². The van der Waals surface area contributed by atoms with Crippen LogP contribution in [0.3, 0.4) is 0 Å². The first-order valence-electron chi connectivity index (χ1n) is 6.06. The average Bonchev–Trinajstić information content (AvgIpc) is 2.37. The van der Waals surface area contributed by atoms with Gasteiger partial charge in [-0.2, -0.15) is 13.2 Å². The molecule has 8 heteroatoms. The van der Waals surface area contributed by atoms with Crippen LogP contribution in [0.25, 0.3) is 0 Å². The fraction of sp³-hybridized carbons (Fsp3) is 0.500. The van der Waals surface area contributed by atoms with Crippen LogP contribution < -0.4 is 10.5 Å². The highest BCUT2D eigenvalue weighted by atomic mass is 32.2. The molecule has 1 rings (SSSR count). The number of sulfonamides is 1. The number of hydrogen-bond donors (Lipinski definition) is 2. The Labute approximate surface area is 116 Å². The van der Waals surface area contributed by atoms with Gasteiger partial charge in [0.15, 0.2) is 0 Å². The monoisotopic (exact) mass is 310 g/mol. The molecule has 1 aromatic carbocycles. The third-order valence-corrected chi connectivity index (χ3v) is 4.89. The van der Waals surface area contributed by atoms with Crippen LogP contribution in [-0.4, -0.2) is 20.2 Å². The molecule has 0 fully saturated rings. The van der Waals surface area contributed by atoms with E-state index in [0.29, 0.717) is 6.42 Å². The highest BCUT2D eigenvalue weighted by molar-refractivity contribution is 7.90. The molecule has 1 aromatic rings. The van der Waals surface area contributed by atoms with Crippen molar-refractivity contribution in [2.45, 2.75) is 31.3 Å². The Bertz CT molecular complexity index is 540. The zero-order valence-electron chi connectivity index (χ0n) is 10.9. The van der Waals surface area contributed by atoms with Crippen molar-refractivity contribution in [3.05, 3.63) is 35.4 Å². The summed E-state index contributed by atoms with van der Waals surface area (Å²) in [5, 5.41) is -0.805. The molecule has 0 aliphatic rings. The molecule has 0 aliphatic heterocycles. The molecule has 0 aromatic heterocycles. The summed E-state index contributed by atoms with van der Waals surface area (Å²) < 4.78 is 64.2. The second-order valence-electron chi connectivity index (χ2n) is 4.29. The molecular weight excluding hydrogens is 293 g/mol. The van der Waals surface area contributed by atoms with Crippen LogP contribution >= 0.6 is 0 Å². The molecule has 0 spiro atoms. The van der Waals surface area contributed by atoms with Gasteiger partial charge in [-0.25, -0.2) is 13.1 Å². The standard InChI is InChI=1S/C12H17F3N2O2S/c1-2-10(7-16)20(18,19)17-8-9-5-3-4-6-11(9)12(13,14)15/h3-6,10,17H,2,7-8,16H2,1H3. The van der Waals surface area contributed by atoms with Crippen molar-refractivity contribution >= 4 is 10.0 Å². The number of nitrogens with two attached hydrogens (primary N) is 1. The Kier molecular flexibility index (Phi) is 5.55. The molecule has 0 amide bonds. The summed E-state index contributed by atoms with van der Waals surface area (Å²) in [4.78, 5) is 0. The van der Waals surface area contributed by atoms with E-state index in [0.717, 1.165) is 6.07 Å². The van der Waals surface area contributed by atoms with Gasteiger partial charge in [-0.3, -0.25) is 0 Å². The van der Waals surface area contributed by atoms with Gasteiger partial charge in [0, 0.05) is 13.1 Å². The molecule has 0 saturated carbocycles. The summed E-state index contributed by atoms with van der Waals surface area (Å²) in [5.74, 6) is 0. The van der Waals surface area contributed by atoms with Gasteiger partial charge >= 0.3 is 6.18 Å². The highest BCUT2D eigenvalue weighted by Gasteiger charge is 2.33. The van der Waals surface area contributed by atoms with Crippen molar-refractivity contribution < 1.29 is 21.6 Å². The number of halogens is 3. The fourth-order valence-electron chi connectivity index (χ4n) is 1.76. The minimum Gasteiger partial charge on any atom is -0.329 e. The number of hydrogen-bond acceptors (Lipinski definition) is 3. The van der Waals surface area contributed by atoms with E-state index in [9.17, 15) is 21.6 Å². The molecule has 20 heavy (non-hydrogen) atoms. The Morgan fingerprint density at radius 1 is 1.30 bits per heavy atom. The smallest absolute Gasteiger partial charge is 0.329 e. The largest absolute Gasteiger partial charge is 0.416 e. The number of rotatable bonds is 6. The summed E-state index contributed by atoms with van der Waals surface area (Å²) in [6, 6.07) is 4.85. The van der Waals surface area contributed by atoms with Crippen molar-refractivity contribution in [3.63, 3.8) is 0 Å². The van der Waals surface area contributed by atoms with Crippen LogP contribution in [0.15, 0.2) is 24.3 Å². The van der Waals surface area contributed by atoms with E-state index in [1.807, 2.05) is 0 Å². The molecule has 0 heterocycles. The number of benzene rings is 1. The van der Waals surface area contributed by atoms with E-state index in [-0.39, 0.29) is 12.1 Å². The molecule has 114 valence electrons. The van der Waals surface area contributed by atoms with E-state index < -0.39 is 33.6 Å². The molecule has 0 bridgehead atoms. The first kappa shape index (κ1) is 16.9. The maximum atomic E-state index is 12.8. The van der Waals surface area contributed by atoms with Crippen LogP contribution in [0.5, 0.6) is 0 Å². The van der Waals surface area contributed by atoms with Gasteiger partial charge in [0.25, 0.3) is 0 Å². The Morgan fingerprint density at radius 2 is 1.90 bits per heavy atom. The van der Waals surface area contributed by atoms with Gasteiger partial charge in [-0.15, -0.1) is 0 Å². The maximum absolute atomic E-state index is 12.8. The van der Waals surface area contributed by atoms with Crippen molar-refractivity contribution in [2.24, 2.45) is 5.73 Å². The van der Waals surface area contributed by atoms with Crippen LogP contribution in [0.4, 0.5) is 13.2 Å². The lowest BCUT2D eigenvalue weighted by molar-refractivity contribution is -0.138. The zero-order chi connectivity index (χ0) is 15.4. The third kappa shape index (κ3) is 4.19. The molecular formula is C12H17F3N2O2S. The Morgan fingerprint density at radius 3 is 2.40 bits per heavy atom. The lowest BCUT2D eigenvalue weighted by Gasteiger charge is -2.16. The minimum absolute atomic E-state index is 0.0766. The van der Waals surface area contributed by atoms with Gasteiger partial charge in [-0.05, 0) is 18.1 Å². The quantitative estimate of drug-likeness (QED) is 0.842. The van der Waals surface area contributed by atoms with Crippen LogP contribution in [0.2, 0.25) is 0 Å². The SMILES string of the molecule is CCC(CN)S(=O)(=O)NCc1ccccc1C(F)(F)F. The Balaban J connectivity index is 2.91. The highest BCUT2D eigenvalue weighted by Crippen LogP contribution is 2.31. The summed E-state index contributed by atoms with van der Waals surface area (Å²) in [7, 11) is -3.73. The van der Waals surface area contributed by atoms with Crippen molar-refractivity contribution in [2.75, 3.05) is 6.54 Å². The molecule has 0 radical (unpaired) electrons. The van der Waals surface area contributed by atoms with Gasteiger partial charge in [0.2, 0.25) is 10.0 Å². The van der Waals surface area contributed by atoms with E-state index in [1.165, 1.54) is 18.2 Å². The average molecular weight is 310 g/mol. The number of alkyl halides is 3. The predicted molar refractivity (Wildman–Crippen MR) is 70.3 cm³/mol. The minimum atomic E-state index is -4.51. The van der Waals surface area contributed by atoms with E-state index in [2.05, 4.69) is 4.72 Å². The second-order valence-corrected chi connectivity index (χ2v) is 6.33. The van der Waals surface area contributed by atoms with Crippen LogP contribution in [0.1, 0.15) is 24.5 Å². The lowest BCUT2D eigenvalue weighted by atomic mass is 10.1. The second kappa shape index (κ2) is 6.55. The van der Waals surface area contributed by atoms with Crippen LogP contribution in [0, 0.1) is 0 Å². The zero-order valence-corrected chi connectivity index (χ0v) is 11.8. The van der Waals surface area contributed by atoms with Crippen molar-refractivity contribution in [1.29, 1.82) is 0 Å². The molecule has 4 nitrogen and oxygen atoms in total. The summed E-state index contributed by atoms with van der Waals surface area (Å²) in [6.07, 6.45) is -4.22. The third-order valence-electron chi connectivity index (χ3n) is 2.94. The summed E-state index contributed by atoms with van der Waals surface area (Å²) in [5.41, 5.74) is 4.38. The lowest BCUT2D eigenvalue weighted by Crippen LogP contribution is -2.38. The van der Waals surface area contributed by atoms with Gasteiger partial charge in [0.05, 0.1) is 10.8 Å². The number of nitrogens with one attached hydrogen (secondary N) is 1. The van der Waals surface area contributed by atoms with E-state index in [1.54, 1.807) is 6.92 Å². The van der Waals surface area contributed by atoms with Crippen molar-refractivity contribution in [1.82, 2.24) is 4.72 Å². The summed E-state index contributed by atoms with van der Waals surface area (Å²) in [6.45, 7) is 1.17. The van der Waals surface area contributed by atoms with E-state index >= 15 is 0 Å². The molecule has 1 unspecified atom stereocenters. The van der Waals surface area contributed by atoms with Gasteiger partial charge in [0.1, 0.15) is 0 Å². The van der Waals surface area contributed by atoms with E-state index in [4.69, 9.17) is 5.73 Å². The topological polar surface area (TPSA) is 72.2 Å². The maximum Gasteiger partial charge on any atom is 0.416 e. The first-order valence-corrected chi connectivity index (χ1v) is 7.60. The normalized spacial score (nSPS) is 14.2. The fourth-order valence-corrected chi connectivity index (χ4v) is 3.04. The van der Waals surface area contributed by atoms with Crippen LogP contribution in [-0.2, 0) is 22.7 Å². The Hall–Kier alpha value is -1.12. The molecule has 0 aliphatic carbocycles. The molecule has 3 N–H and O–H groups in total. The molecule has 0 saturated heterocycles. The summed E-state index contributed by atoms with van der Waals surface area (Å²) >= 11 is 0. The first-order chi connectivity index (χ1) is 9.22.